The molecule has 2 heterocycles. The van der Waals surface area contributed by atoms with Gasteiger partial charge in [-0.1, -0.05) is 12.1 Å². The Kier molecular flexibility index (Phi) is 4.88. The van der Waals surface area contributed by atoms with Gasteiger partial charge in [0.15, 0.2) is 0 Å². The van der Waals surface area contributed by atoms with Crippen LogP contribution in [0.1, 0.15) is 23.2 Å². The number of aromatic nitrogens is 1. The summed E-state index contributed by atoms with van der Waals surface area (Å²) >= 11 is 0. The number of hydrogen-bond donors (Lipinski definition) is 2. The number of hydrogen-bond acceptors (Lipinski definition) is 4. The fourth-order valence-corrected chi connectivity index (χ4v) is 3.00. The number of anilines is 1. The molecule has 0 atom stereocenters. The van der Waals surface area contributed by atoms with Crippen LogP contribution < -0.4 is 11.1 Å². The van der Waals surface area contributed by atoms with E-state index < -0.39 is 5.91 Å². The van der Waals surface area contributed by atoms with Gasteiger partial charge in [-0.15, -0.1) is 0 Å². The molecule has 1 saturated heterocycles. The molecule has 0 aliphatic carbocycles. The maximum Gasteiger partial charge on any atom is 0.249 e. The van der Waals surface area contributed by atoms with Crippen molar-refractivity contribution in [2.45, 2.75) is 12.8 Å². The molecule has 1 aliphatic rings. The number of rotatable bonds is 6. The number of amides is 1. The highest BCUT2D eigenvalue weighted by molar-refractivity contribution is 6.00. The lowest BCUT2D eigenvalue weighted by molar-refractivity contribution is 0.100. The lowest BCUT2D eigenvalue weighted by Gasteiger charge is -2.16. The van der Waals surface area contributed by atoms with E-state index in [1.165, 1.54) is 25.9 Å². The van der Waals surface area contributed by atoms with Crippen LogP contribution in [0, 0.1) is 0 Å². The van der Waals surface area contributed by atoms with Crippen LogP contribution in [-0.4, -0.2) is 42.0 Å². The number of nitrogens with one attached hydrogen (secondary N) is 1. The first kappa shape index (κ1) is 15.5. The van der Waals surface area contributed by atoms with Gasteiger partial charge < -0.3 is 16.0 Å². The smallest absolute Gasteiger partial charge is 0.249 e. The summed E-state index contributed by atoms with van der Waals surface area (Å²) in [7, 11) is 0. The monoisotopic (exact) mass is 310 g/mol. The van der Waals surface area contributed by atoms with E-state index >= 15 is 0 Å². The van der Waals surface area contributed by atoms with E-state index in [1.54, 1.807) is 12.4 Å². The SMILES string of the molecule is NC(=O)c1cc(NCCN2CCCC2)ccc1-c1cccnc1. The van der Waals surface area contributed by atoms with Crippen LogP contribution in [0.3, 0.4) is 0 Å². The first-order valence-electron chi connectivity index (χ1n) is 8.04. The first-order valence-corrected chi connectivity index (χ1v) is 8.04. The van der Waals surface area contributed by atoms with E-state index in [2.05, 4.69) is 15.2 Å². The summed E-state index contributed by atoms with van der Waals surface area (Å²) < 4.78 is 0. The van der Waals surface area contributed by atoms with Crippen molar-refractivity contribution < 1.29 is 4.79 Å². The predicted octanol–water partition coefficient (Wildman–Crippen LogP) is 2.36. The molecule has 0 bridgehead atoms. The molecule has 1 aromatic carbocycles. The van der Waals surface area contributed by atoms with E-state index in [4.69, 9.17) is 5.73 Å². The van der Waals surface area contributed by atoms with Crippen molar-refractivity contribution in [2.24, 2.45) is 5.73 Å². The number of likely N-dealkylation sites (tertiary alicyclic amines) is 1. The molecule has 0 radical (unpaired) electrons. The second-order valence-electron chi connectivity index (χ2n) is 5.84. The minimum Gasteiger partial charge on any atom is -0.384 e. The van der Waals surface area contributed by atoms with Crippen LogP contribution in [-0.2, 0) is 0 Å². The lowest BCUT2D eigenvalue weighted by atomic mass is 10.00. The third-order valence-electron chi connectivity index (χ3n) is 4.21. The highest BCUT2D eigenvalue weighted by Crippen LogP contribution is 2.25. The third-order valence-corrected chi connectivity index (χ3v) is 4.21. The van der Waals surface area contributed by atoms with Gasteiger partial charge in [-0.2, -0.15) is 0 Å². The van der Waals surface area contributed by atoms with Gasteiger partial charge in [0.1, 0.15) is 0 Å². The molecule has 1 fully saturated rings. The van der Waals surface area contributed by atoms with Gasteiger partial charge in [0, 0.05) is 42.3 Å². The van der Waals surface area contributed by atoms with Crippen molar-refractivity contribution in [1.29, 1.82) is 0 Å². The molecule has 5 heteroatoms. The van der Waals surface area contributed by atoms with Gasteiger partial charge >= 0.3 is 0 Å². The Labute approximate surface area is 136 Å². The Morgan fingerprint density at radius 1 is 1.26 bits per heavy atom. The lowest BCUT2D eigenvalue weighted by Crippen LogP contribution is -2.26. The second kappa shape index (κ2) is 7.24. The fraction of sp³-hybridized carbons (Fsp3) is 0.333. The Hall–Kier alpha value is -2.40. The summed E-state index contributed by atoms with van der Waals surface area (Å²) in [4.78, 5) is 18.4. The summed E-state index contributed by atoms with van der Waals surface area (Å²) in [6.45, 7) is 4.27. The number of nitrogens with zero attached hydrogens (tertiary/aromatic N) is 2. The Balaban J connectivity index is 1.72. The summed E-state index contributed by atoms with van der Waals surface area (Å²) in [5.41, 5.74) is 8.70. The van der Waals surface area contributed by atoms with Crippen LogP contribution in [0.2, 0.25) is 0 Å². The van der Waals surface area contributed by atoms with Crippen molar-refractivity contribution in [1.82, 2.24) is 9.88 Å². The van der Waals surface area contributed by atoms with Gasteiger partial charge in [0.05, 0.1) is 0 Å². The quantitative estimate of drug-likeness (QED) is 0.859. The Morgan fingerprint density at radius 2 is 2.09 bits per heavy atom. The number of benzene rings is 1. The van der Waals surface area contributed by atoms with Gasteiger partial charge in [0.25, 0.3) is 0 Å². The molecule has 120 valence electrons. The van der Waals surface area contributed by atoms with E-state index in [1.807, 2.05) is 30.3 Å². The van der Waals surface area contributed by atoms with E-state index in [0.717, 1.165) is 29.9 Å². The van der Waals surface area contributed by atoms with E-state index in [-0.39, 0.29) is 0 Å². The molecule has 2 aromatic rings. The molecule has 1 aromatic heterocycles. The maximum atomic E-state index is 11.8. The van der Waals surface area contributed by atoms with Crippen LogP contribution >= 0.6 is 0 Å². The number of pyridine rings is 1. The molecule has 0 spiro atoms. The number of nitrogens with two attached hydrogens (primary N) is 1. The highest BCUT2D eigenvalue weighted by Gasteiger charge is 2.12. The minimum atomic E-state index is -0.424. The zero-order valence-corrected chi connectivity index (χ0v) is 13.2. The summed E-state index contributed by atoms with van der Waals surface area (Å²) in [6.07, 6.45) is 6.04. The average molecular weight is 310 g/mol. The Bertz CT molecular complexity index is 666. The molecule has 1 amide bonds. The van der Waals surface area contributed by atoms with Crippen molar-refractivity contribution >= 4 is 11.6 Å². The molecule has 5 nitrogen and oxygen atoms in total. The molecule has 3 rings (SSSR count). The number of carbonyl (C=O) groups excluding carboxylic acids is 1. The van der Waals surface area contributed by atoms with Gasteiger partial charge in [-0.3, -0.25) is 9.78 Å². The van der Waals surface area contributed by atoms with Gasteiger partial charge in [0.2, 0.25) is 5.91 Å². The zero-order valence-electron chi connectivity index (χ0n) is 13.2. The molecular formula is C18H22N4O. The van der Waals surface area contributed by atoms with Gasteiger partial charge in [-0.05, 0) is 49.7 Å². The third kappa shape index (κ3) is 3.87. The number of primary amides is 1. The Morgan fingerprint density at radius 3 is 2.78 bits per heavy atom. The van der Waals surface area contributed by atoms with Crippen LogP contribution in [0.15, 0.2) is 42.7 Å². The minimum absolute atomic E-state index is 0.424. The molecule has 1 aliphatic heterocycles. The van der Waals surface area contributed by atoms with Crippen molar-refractivity contribution in [3.63, 3.8) is 0 Å². The summed E-state index contributed by atoms with van der Waals surface area (Å²) in [6, 6.07) is 9.51. The predicted molar refractivity (Wildman–Crippen MR) is 92.4 cm³/mol. The van der Waals surface area contributed by atoms with Gasteiger partial charge in [-0.25, -0.2) is 0 Å². The van der Waals surface area contributed by atoms with E-state index in [0.29, 0.717) is 5.56 Å². The topological polar surface area (TPSA) is 71.2 Å². The summed E-state index contributed by atoms with van der Waals surface area (Å²) in [5, 5.41) is 3.38. The molecule has 0 saturated carbocycles. The molecule has 3 N–H and O–H groups in total. The highest BCUT2D eigenvalue weighted by atomic mass is 16.1. The maximum absolute atomic E-state index is 11.8. The number of carbonyl (C=O) groups is 1. The normalized spacial score (nSPS) is 14.8. The zero-order chi connectivity index (χ0) is 16.1. The largest absolute Gasteiger partial charge is 0.384 e. The van der Waals surface area contributed by atoms with Crippen LogP contribution in [0.5, 0.6) is 0 Å². The average Bonchev–Trinajstić information content (AvgIpc) is 3.09. The first-order chi connectivity index (χ1) is 11.2. The van der Waals surface area contributed by atoms with E-state index in [9.17, 15) is 4.79 Å². The van der Waals surface area contributed by atoms with Crippen molar-refractivity contribution in [3.05, 3.63) is 48.3 Å². The van der Waals surface area contributed by atoms with Crippen LogP contribution in [0.25, 0.3) is 11.1 Å². The van der Waals surface area contributed by atoms with Crippen molar-refractivity contribution in [2.75, 3.05) is 31.5 Å². The second-order valence-corrected chi connectivity index (χ2v) is 5.84. The molecule has 23 heavy (non-hydrogen) atoms. The fourth-order valence-electron chi connectivity index (χ4n) is 3.00. The molecular weight excluding hydrogens is 288 g/mol. The summed E-state index contributed by atoms with van der Waals surface area (Å²) in [5.74, 6) is -0.424. The molecule has 0 unspecified atom stereocenters. The van der Waals surface area contributed by atoms with Crippen molar-refractivity contribution in [3.8, 4) is 11.1 Å². The standard InChI is InChI=1S/C18H22N4O/c19-18(23)17-12-15(21-8-11-22-9-1-2-10-22)5-6-16(17)14-4-3-7-20-13-14/h3-7,12-13,21H,1-2,8-11H2,(H2,19,23). The van der Waals surface area contributed by atoms with Crippen LogP contribution in [0.4, 0.5) is 5.69 Å².